The summed E-state index contributed by atoms with van der Waals surface area (Å²) < 4.78 is 5.01. The van der Waals surface area contributed by atoms with Gasteiger partial charge in [0, 0.05) is 0 Å². The molecule has 0 fully saturated rings. The molecule has 1 N–H and O–H groups in total. The third kappa shape index (κ3) is 5.97. The van der Waals surface area contributed by atoms with E-state index < -0.39 is 12.0 Å². The number of carbonyl (C=O) groups is 1. The average Bonchev–Trinajstić information content (AvgIpc) is 2.16. The van der Waals surface area contributed by atoms with Gasteiger partial charge >= 0.3 is 5.97 Å². The summed E-state index contributed by atoms with van der Waals surface area (Å²) in [5.41, 5.74) is 0. The molecule has 0 unspecified atom stereocenters. The Kier molecular flexibility index (Phi) is 7.48. The molecule has 0 aromatic carbocycles. The fourth-order valence-electron chi connectivity index (χ4n) is 1.03. The topological polar surface area (TPSA) is 46.5 Å². The number of aliphatic hydroxyl groups excluding tert-OH is 1. The Morgan fingerprint density at radius 1 is 1.29 bits per heavy atom. The van der Waals surface area contributed by atoms with Crippen molar-refractivity contribution in [1.82, 2.24) is 0 Å². The lowest BCUT2D eigenvalue weighted by Gasteiger charge is -2.13. The van der Waals surface area contributed by atoms with E-state index in [-0.39, 0.29) is 5.97 Å². The zero-order valence-electron chi connectivity index (χ0n) is 9.45. The highest BCUT2D eigenvalue weighted by molar-refractivity contribution is 5.72. The van der Waals surface area contributed by atoms with Crippen LogP contribution < -0.4 is 0 Å². The van der Waals surface area contributed by atoms with E-state index in [1.54, 1.807) is 13.8 Å². The Labute approximate surface area is 86.5 Å². The van der Waals surface area contributed by atoms with Crippen LogP contribution in [-0.4, -0.2) is 23.8 Å². The van der Waals surface area contributed by atoms with Gasteiger partial charge in [-0.3, -0.25) is 4.79 Å². The molecular formula is C11H22O3. The van der Waals surface area contributed by atoms with Gasteiger partial charge in [0.15, 0.2) is 0 Å². The summed E-state index contributed by atoms with van der Waals surface area (Å²) in [7, 11) is 0. The quantitative estimate of drug-likeness (QED) is 0.508. The number of hydrogen-bond acceptors (Lipinski definition) is 3. The smallest absolute Gasteiger partial charge is 0.311 e. The molecule has 0 radical (unpaired) electrons. The molecule has 0 aliphatic rings. The second kappa shape index (κ2) is 7.80. The molecule has 14 heavy (non-hydrogen) atoms. The van der Waals surface area contributed by atoms with E-state index in [0.29, 0.717) is 6.61 Å². The van der Waals surface area contributed by atoms with Gasteiger partial charge in [-0.15, -0.1) is 0 Å². The first-order chi connectivity index (χ1) is 6.59. The van der Waals surface area contributed by atoms with Crippen LogP contribution in [0, 0.1) is 5.92 Å². The van der Waals surface area contributed by atoms with Crippen molar-refractivity contribution in [2.75, 3.05) is 6.61 Å². The average molecular weight is 202 g/mol. The van der Waals surface area contributed by atoms with E-state index >= 15 is 0 Å². The minimum Gasteiger partial charge on any atom is -0.465 e. The van der Waals surface area contributed by atoms with E-state index in [0.717, 1.165) is 12.8 Å². The number of carbonyl (C=O) groups excluding carboxylic acids is 1. The van der Waals surface area contributed by atoms with Gasteiger partial charge in [-0.05, 0) is 20.3 Å². The van der Waals surface area contributed by atoms with Gasteiger partial charge in [0.1, 0.15) is 0 Å². The Bertz CT molecular complexity index is 155. The third-order valence-electron chi connectivity index (χ3n) is 2.34. The highest BCUT2D eigenvalue weighted by atomic mass is 16.5. The maximum absolute atomic E-state index is 11.2. The number of esters is 1. The zero-order chi connectivity index (χ0) is 11.0. The molecule has 0 rings (SSSR count). The van der Waals surface area contributed by atoms with Crippen LogP contribution in [0.25, 0.3) is 0 Å². The molecular weight excluding hydrogens is 180 g/mol. The van der Waals surface area contributed by atoms with Gasteiger partial charge < -0.3 is 9.84 Å². The van der Waals surface area contributed by atoms with Crippen LogP contribution in [-0.2, 0) is 9.53 Å². The minimum atomic E-state index is -0.627. The maximum Gasteiger partial charge on any atom is 0.311 e. The monoisotopic (exact) mass is 202 g/mol. The van der Waals surface area contributed by atoms with Crippen molar-refractivity contribution < 1.29 is 14.6 Å². The second-order valence-electron chi connectivity index (χ2n) is 3.76. The molecule has 0 aliphatic heterocycles. The Balaban J connectivity index is 3.44. The molecule has 0 heterocycles. The molecule has 0 aromatic rings. The third-order valence-corrected chi connectivity index (χ3v) is 2.34. The van der Waals surface area contributed by atoms with Gasteiger partial charge in [-0.1, -0.05) is 26.2 Å². The van der Waals surface area contributed by atoms with Crippen LogP contribution in [0.15, 0.2) is 0 Å². The van der Waals surface area contributed by atoms with Crippen molar-refractivity contribution in [3.05, 3.63) is 0 Å². The van der Waals surface area contributed by atoms with Crippen molar-refractivity contribution in [1.29, 1.82) is 0 Å². The van der Waals surface area contributed by atoms with Crippen LogP contribution in [0.2, 0.25) is 0 Å². The fraction of sp³-hybridized carbons (Fsp3) is 0.909. The predicted molar refractivity (Wildman–Crippen MR) is 55.9 cm³/mol. The van der Waals surface area contributed by atoms with Gasteiger partial charge in [-0.25, -0.2) is 0 Å². The lowest BCUT2D eigenvalue weighted by molar-refractivity contribution is -0.151. The predicted octanol–water partition coefficient (Wildman–Crippen LogP) is 2.13. The minimum absolute atomic E-state index is 0.295. The molecule has 0 amide bonds. The van der Waals surface area contributed by atoms with Crippen molar-refractivity contribution in [2.24, 2.45) is 5.92 Å². The maximum atomic E-state index is 11.2. The molecule has 3 heteroatoms. The molecule has 0 saturated carbocycles. The van der Waals surface area contributed by atoms with Crippen molar-refractivity contribution in [2.45, 2.75) is 52.6 Å². The van der Waals surface area contributed by atoms with Crippen LogP contribution in [0.3, 0.4) is 0 Å². The number of rotatable bonds is 7. The van der Waals surface area contributed by atoms with E-state index in [1.165, 1.54) is 12.8 Å². The van der Waals surface area contributed by atoms with E-state index in [4.69, 9.17) is 9.84 Å². The van der Waals surface area contributed by atoms with Gasteiger partial charge in [0.05, 0.1) is 18.6 Å². The van der Waals surface area contributed by atoms with Crippen LogP contribution in [0.4, 0.5) is 0 Å². The number of ether oxygens (including phenoxy) is 1. The molecule has 0 bridgehead atoms. The summed E-state index contributed by atoms with van der Waals surface area (Å²) in [5.74, 6) is -0.710. The van der Waals surface area contributed by atoms with Crippen LogP contribution in [0.5, 0.6) is 0 Å². The Morgan fingerprint density at radius 3 is 2.43 bits per heavy atom. The summed E-state index contributed by atoms with van der Waals surface area (Å²) in [4.78, 5) is 11.2. The standard InChI is InChI=1S/C11H22O3/c1-4-5-6-7-8-14-11(13)9(2)10(3)12/h9-10,12H,4-8H2,1-3H3/t9-,10+/m1/s1. The Hall–Kier alpha value is -0.570. The number of aliphatic hydroxyl groups is 1. The summed E-state index contributed by atoms with van der Waals surface area (Å²) in [5, 5.41) is 9.13. The number of unbranched alkanes of at least 4 members (excludes halogenated alkanes) is 3. The molecule has 84 valence electrons. The second-order valence-corrected chi connectivity index (χ2v) is 3.76. The van der Waals surface area contributed by atoms with Gasteiger partial charge in [0.2, 0.25) is 0 Å². The normalized spacial score (nSPS) is 14.9. The molecule has 0 aliphatic carbocycles. The molecule has 0 aromatic heterocycles. The summed E-state index contributed by atoms with van der Waals surface area (Å²) in [6, 6.07) is 0. The van der Waals surface area contributed by atoms with Crippen molar-refractivity contribution in [3.63, 3.8) is 0 Å². The molecule has 0 spiro atoms. The summed E-state index contributed by atoms with van der Waals surface area (Å²) in [6.07, 6.45) is 3.76. The SMILES string of the molecule is CCCCCCOC(=O)[C@H](C)[C@H](C)O. The lowest BCUT2D eigenvalue weighted by atomic mass is 10.1. The van der Waals surface area contributed by atoms with Crippen molar-refractivity contribution >= 4 is 5.97 Å². The first-order valence-corrected chi connectivity index (χ1v) is 5.44. The zero-order valence-corrected chi connectivity index (χ0v) is 9.45. The summed E-state index contributed by atoms with van der Waals surface area (Å²) in [6.45, 7) is 5.90. The first-order valence-electron chi connectivity index (χ1n) is 5.44. The van der Waals surface area contributed by atoms with E-state index in [2.05, 4.69) is 6.92 Å². The highest BCUT2D eigenvalue weighted by Crippen LogP contribution is 2.06. The van der Waals surface area contributed by atoms with Crippen LogP contribution in [0.1, 0.15) is 46.5 Å². The fourth-order valence-corrected chi connectivity index (χ4v) is 1.03. The summed E-state index contributed by atoms with van der Waals surface area (Å²) >= 11 is 0. The Morgan fingerprint density at radius 2 is 1.93 bits per heavy atom. The largest absolute Gasteiger partial charge is 0.465 e. The lowest BCUT2D eigenvalue weighted by Crippen LogP contribution is -2.25. The molecule has 3 nitrogen and oxygen atoms in total. The molecule has 0 saturated heterocycles. The first kappa shape index (κ1) is 13.4. The van der Waals surface area contributed by atoms with Crippen molar-refractivity contribution in [3.8, 4) is 0 Å². The molecule has 2 atom stereocenters. The van der Waals surface area contributed by atoms with E-state index in [9.17, 15) is 4.79 Å². The van der Waals surface area contributed by atoms with Gasteiger partial charge in [-0.2, -0.15) is 0 Å². The highest BCUT2D eigenvalue weighted by Gasteiger charge is 2.18. The number of hydrogen-bond donors (Lipinski definition) is 1. The van der Waals surface area contributed by atoms with Crippen LogP contribution >= 0.6 is 0 Å². The van der Waals surface area contributed by atoms with Gasteiger partial charge in [0.25, 0.3) is 0 Å². The van der Waals surface area contributed by atoms with E-state index in [1.807, 2.05) is 0 Å².